The van der Waals surface area contributed by atoms with Crippen molar-refractivity contribution in [3.05, 3.63) is 46.9 Å². The molecule has 116 valence electrons. The lowest BCUT2D eigenvalue weighted by Gasteiger charge is -2.10. The Morgan fingerprint density at radius 1 is 1.36 bits per heavy atom. The summed E-state index contributed by atoms with van der Waals surface area (Å²) in [6, 6.07) is 7.35. The zero-order valence-corrected chi connectivity index (χ0v) is 13.7. The zero-order valence-electron chi connectivity index (χ0n) is 12.1. The number of aromatic nitrogens is 2. The topological polar surface area (TPSA) is 72.0 Å². The number of hydrogen-bond acceptors (Lipinski definition) is 5. The van der Waals surface area contributed by atoms with Gasteiger partial charge in [-0.05, 0) is 49.1 Å². The minimum absolute atomic E-state index is 0.0801. The molecule has 1 saturated carbocycles. The largest absolute Gasteiger partial charge is 0.340 e. The van der Waals surface area contributed by atoms with Crippen LogP contribution in [0.5, 0.6) is 0 Å². The van der Waals surface area contributed by atoms with E-state index in [0.29, 0.717) is 5.82 Å². The van der Waals surface area contributed by atoms with Crippen LogP contribution in [0.4, 0.5) is 11.5 Å². The molecule has 7 heteroatoms. The molecule has 1 aromatic heterocycles. The van der Waals surface area contributed by atoms with Gasteiger partial charge in [-0.1, -0.05) is 12.1 Å². The van der Waals surface area contributed by atoms with Crippen molar-refractivity contribution in [1.82, 2.24) is 9.97 Å². The van der Waals surface area contributed by atoms with Crippen LogP contribution in [0.25, 0.3) is 0 Å². The predicted molar refractivity (Wildman–Crippen MR) is 87.1 cm³/mol. The van der Waals surface area contributed by atoms with Gasteiger partial charge in [0.05, 0.1) is 11.0 Å². The zero-order chi connectivity index (χ0) is 15.7. The number of anilines is 2. The Labute approximate surface area is 134 Å². The number of sulfone groups is 1. The number of nitrogens with zero attached hydrogens (tertiary/aromatic N) is 2. The van der Waals surface area contributed by atoms with Crippen molar-refractivity contribution in [3.63, 3.8) is 0 Å². The third kappa shape index (κ3) is 3.56. The second kappa shape index (κ2) is 5.85. The molecule has 1 aliphatic rings. The maximum Gasteiger partial charge on any atom is 0.224 e. The summed E-state index contributed by atoms with van der Waals surface area (Å²) in [5.74, 6) is 0.693. The number of benzene rings is 1. The maximum atomic E-state index is 12.1. The van der Waals surface area contributed by atoms with Gasteiger partial charge in [-0.25, -0.2) is 18.4 Å². The van der Waals surface area contributed by atoms with Crippen LogP contribution in [0.2, 0.25) is 5.28 Å². The Hall–Kier alpha value is -1.66. The first-order valence-corrected chi connectivity index (χ1v) is 9.10. The number of hydrogen-bond donors (Lipinski definition) is 1. The predicted octanol–water partition coefficient (Wildman–Crippen LogP) is 3.26. The third-order valence-corrected chi connectivity index (χ3v) is 5.94. The highest BCUT2D eigenvalue weighted by molar-refractivity contribution is 7.91. The first kappa shape index (κ1) is 15.2. The van der Waals surface area contributed by atoms with Crippen molar-refractivity contribution >= 4 is 32.9 Å². The summed E-state index contributed by atoms with van der Waals surface area (Å²) in [6.45, 7) is 1.88. The Morgan fingerprint density at radius 3 is 2.86 bits per heavy atom. The lowest BCUT2D eigenvalue weighted by molar-refractivity contribution is 0.594. The highest BCUT2D eigenvalue weighted by Gasteiger charge is 2.35. The summed E-state index contributed by atoms with van der Waals surface area (Å²) in [7, 11) is -3.02. The van der Waals surface area contributed by atoms with Crippen LogP contribution < -0.4 is 5.32 Å². The first-order valence-electron chi connectivity index (χ1n) is 7.01. The van der Waals surface area contributed by atoms with Crippen LogP contribution >= 0.6 is 11.6 Å². The van der Waals surface area contributed by atoms with Gasteiger partial charge in [-0.3, -0.25) is 0 Å². The molecule has 0 radical (unpaired) electrons. The van der Waals surface area contributed by atoms with Crippen LogP contribution in [0, 0.1) is 6.92 Å². The molecule has 2 aromatic rings. The fourth-order valence-corrected chi connectivity index (χ4v) is 4.07. The molecule has 0 spiro atoms. The van der Waals surface area contributed by atoms with E-state index in [1.165, 1.54) is 0 Å². The molecule has 3 rings (SSSR count). The van der Waals surface area contributed by atoms with E-state index in [1.807, 2.05) is 31.2 Å². The molecule has 1 N–H and O–H groups in total. The molecular weight excluding hydrogens is 322 g/mol. The van der Waals surface area contributed by atoms with Crippen molar-refractivity contribution in [3.8, 4) is 0 Å². The molecule has 0 atom stereocenters. The quantitative estimate of drug-likeness (QED) is 0.848. The minimum atomic E-state index is -3.02. The fraction of sp³-hybridized carbons (Fsp3) is 0.333. The second-order valence-corrected chi connectivity index (χ2v) is 8.12. The molecule has 1 fully saturated rings. The maximum absolute atomic E-state index is 12.1. The molecule has 1 aliphatic carbocycles. The van der Waals surface area contributed by atoms with Gasteiger partial charge in [0.15, 0.2) is 9.84 Å². The highest BCUT2D eigenvalue weighted by atomic mass is 35.5. The van der Waals surface area contributed by atoms with E-state index in [2.05, 4.69) is 15.3 Å². The van der Waals surface area contributed by atoms with E-state index in [-0.39, 0.29) is 16.3 Å². The van der Waals surface area contributed by atoms with Gasteiger partial charge in [0.25, 0.3) is 0 Å². The van der Waals surface area contributed by atoms with Crippen LogP contribution in [-0.4, -0.2) is 23.6 Å². The molecule has 1 heterocycles. The lowest BCUT2D eigenvalue weighted by atomic mass is 10.2. The smallest absolute Gasteiger partial charge is 0.224 e. The SMILES string of the molecule is Cc1cnc(Cl)nc1Nc1cccc(CS(=O)(=O)C2CC2)c1. The molecule has 0 saturated heterocycles. The van der Waals surface area contributed by atoms with Crippen LogP contribution in [0.3, 0.4) is 0 Å². The number of nitrogens with one attached hydrogen (secondary N) is 1. The Bertz CT molecular complexity index is 804. The molecule has 0 unspecified atom stereocenters. The van der Waals surface area contributed by atoms with E-state index < -0.39 is 9.84 Å². The summed E-state index contributed by atoms with van der Waals surface area (Å²) in [5, 5.41) is 3.17. The summed E-state index contributed by atoms with van der Waals surface area (Å²) >= 11 is 5.80. The molecule has 0 bridgehead atoms. The number of halogens is 1. The Morgan fingerprint density at radius 2 is 2.14 bits per heavy atom. The normalized spacial score (nSPS) is 14.8. The average Bonchev–Trinajstić information content (AvgIpc) is 3.28. The van der Waals surface area contributed by atoms with Gasteiger partial charge in [0.2, 0.25) is 5.28 Å². The van der Waals surface area contributed by atoms with Crippen LogP contribution in [-0.2, 0) is 15.6 Å². The summed E-state index contributed by atoms with van der Waals surface area (Å²) in [5.41, 5.74) is 2.41. The molecule has 0 amide bonds. The van der Waals surface area contributed by atoms with Crippen molar-refractivity contribution < 1.29 is 8.42 Å². The summed E-state index contributed by atoms with van der Waals surface area (Å²) in [6.07, 6.45) is 3.22. The minimum Gasteiger partial charge on any atom is -0.340 e. The van der Waals surface area contributed by atoms with Crippen molar-refractivity contribution in [2.24, 2.45) is 0 Å². The van der Waals surface area contributed by atoms with Crippen LogP contribution in [0.15, 0.2) is 30.5 Å². The monoisotopic (exact) mass is 337 g/mol. The van der Waals surface area contributed by atoms with Gasteiger partial charge >= 0.3 is 0 Å². The van der Waals surface area contributed by atoms with Gasteiger partial charge in [0, 0.05) is 17.4 Å². The number of aryl methyl sites for hydroxylation is 1. The fourth-order valence-electron chi connectivity index (χ4n) is 2.20. The van der Waals surface area contributed by atoms with Gasteiger partial charge in [0.1, 0.15) is 5.82 Å². The summed E-state index contributed by atoms with van der Waals surface area (Å²) in [4.78, 5) is 8.04. The molecular formula is C15H16ClN3O2S. The van der Waals surface area contributed by atoms with E-state index in [9.17, 15) is 8.42 Å². The molecule has 0 aliphatic heterocycles. The van der Waals surface area contributed by atoms with E-state index in [1.54, 1.807) is 6.20 Å². The highest BCUT2D eigenvalue weighted by Crippen LogP contribution is 2.31. The standard InChI is InChI=1S/C15H16ClN3O2S/c1-10-8-17-15(16)19-14(10)18-12-4-2-3-11(7-12)9-22(20,21)13-5-6-13/h2-4,7-8,13H,5-6,9H2,1H3,(H,17,18,19). The van der Waals surface area contributed by atoms with E-state index in [4.69, 9.17) is 11.6 Å². The molecule has 1 aromatic carbocycles. The lowest BCUT2D eigenvalue weighted by Crippen LogP contribution is -2.09. The van der Waals surface area contributed by atoms with E-state index >= 15 is 0 Å². The van der Waals surface area contributed by atoms with Gasteiger partial charge < -0.3 is 5.32 Å². The second-order valence-electron chi connectivity index (χ2n) is 5.50. The van der Waals surface area contributed by atoms with E-state index in [0.717, 1.165) is 29.7 Å². The van der Waals surface area contributed by atoms with Crippen molar-refractivity contribution in [1.29, 1.82) is 0 Å². The number of rotatable bonds is 5. The van der Waals surface area contributed by atoms with Gasteiger partial charge in [-0.2, -0.15) is 0 Å². The van der Waals surface area contributed by atoms with Crippen molar-refractivity contribution in [2.45, 2.75) is 30.8 Å². The third-order valence-electron chi connectivity index (χ3n) is 3.53. The van der Waals surface area contributed by atoms with Crippen molar-refractivity contribution in [2.75, 3.05) is 5.32 Å². The first-order chi connectivity index (χ1) is 10.4. The molecule has 22 heavy (non-hydrogen) atoms. The van der Waals surface area contributed by atoms with Crippen LogP contribution in [0.1, 0.15) is 24.0 Å². The average molecular weight is 338 g/mol. The Balaban J connectivity index is 1.80. The molecule has 5 nitrogen and oxygen atoms in total. The summed E-state index contributed by atoms with van der Waals surface area (Å²) < 4.78 is 24.1. The Kier molecular flexibility index (Phi) is 4.06. The van der Waals surface area contributed by atoms with Gasteiger partial charge in [-0.15, -0.1) is 0 Å².